The summed E-state index contributed by atoms with van der Waals surface area (Å²) in [6.07, 6.45) is 2.07. The van der Waals surface area contributed by atoms with Crippen LogP contribution >= 0.6 is 15.9 Å². The van der Waals surface area contributed by atoms with Crippen molar-refractivity contribution in [1.82, 2.24) is 5.32 Å². The van der Waals surface area contributed by atoms with Crippen LogP contribution in [0.25, 0.3) is 0 Å². The molecule has 98 valence electrons. The highest BCUT2D eigenvalue weighted by molar-refractivity contribution is 9.10. The highest BCUT2D eigenvalue weighted by Gasteiger charge is 2.34. The summed E-state index contributed by atoms with van der Waals surface area (Å²) in [6, 6.07) is 4.86. The summed E-state index contributed by atoms with van der Waals surface area (Å²) in [4.78, 5) is 12.3. The van der Waals surface area contributed by atoms with E-state index in [0.717, 1.165) is 19.4 Å². The Kier molecular flexibility index (Phi) is 4.17. The molecule has 0 amide bonds. The minimum atomic E-state index is -0.349. The Morgan fingerprint density at radius 3 is 2.94 bits per heavy atom. The SMILES string of the molecule is CC1(C(=O)Cc2ccc(Br)cc2F)CCCNC1. The van der Waals surface area contributed by atoms with Gasteiger partial charge in [-0.3, -0.25) is 4.79 Å². The average molecular weight is 314 g/mol. The molecule has 18 heavy (non-hydrogen) atoms. The van der Waals surface area contributed by atoms with E-state index in [9.17, 15) is 9.18 Å². The Bertz CT molecular complexity index is 455. The van der Waals surface area contributed by atoms with E-state index in [0.29, 0.717) is 16.6 Å². The topological polar surface area (TPSA) is 29.1 Å². The molecule has 0 aliphatic carbocycles. The Morgan fingerprint density at radius 1 is 1.56 bits per heavy atom. The number of hydrogen-bond donors (Lipinski definition) is 1. The molecule has 1 heterocycles. The molecule has 1 saturated heterocycles. The highest BCUT2D eigenvalue weighted by Crippen LogP contribution is 2.28. The zero-order chi connectivity index (χ0) is 13.2. The second-order valence-electron chi connectivity index (χ2n) is 5.18. The van der Waals surface area contributed by atoms with Gasteiger partial charge >= 0.3 is 0 Å². The first-order valence-corrected chi connectivity index (χ1v) is 6.98. The predicted octanol–water partition coefficient (Wildman–Crippen LogP) is 3.09. The van der Waals surface area contributed by atoms with E-state index in [2.05, 4.69) is 21.2 Å². The number of piperidine rings is 1. The van der Waals surface area contributed by atoms with Crippen molar-refractivity contribution in [2.45, 2.75) is 26.2 Å². The molecule has 0 radical (unpaired) electrons. The lowest BCUT2D eigenvalue weighted by Crippen LogP contribution is -2.44. The lowest BCUT2D eigenvalue weighted by molar-refractivity contribution is -0.128. The van der Waals surface area contributed by atoms with E-state index in [-0.39, 0.29) is 23.4 Å². The van der Waals surface area contributed by atoms with Gasteiger partial charge in [0.05, 0.1) is 0 Å². The highest BCUT2D eigenvalue weighted by atomic mass is 79.9. The molecular weight excluding hydrogens is 297 g/mol. The molecule has 1 N–H and O–H groups in total. The average Bonchev–Trinajstić information content (AvgIpc) is 2.33. The standard InChI is InChI=1S/C14H17BrFNO/c1-14(5-2-6-17-9-14)13(18)7-10-3-4-11(15)8-12(10)16/h3-4,8,17H,2,5-7,9H2,1H3. The maximum atomic E-state index is 13.7. The molecule has 2 rings (SSSR count). The second-order valence-corrected chi connectivity index (χ2v) is 6.09. The quantitative estimate of drug-likeness (QED) is 0.929. The number of hydrogen-bond acceptors (Lipinski definition) is 2. The lowest BCUT2D eigenvalue weighted by Gasteiger charge is -2.32. The number of ketones is 1. The third-order valence-electron chi connectivity index (χ3n) is 3.64. The van der Waals surface area contributed by atoms with Crippen molar-refractivity contribution in [3.63, 3.8) is 0 Å². The van der Waals surface area contributed by atoms with Crippen molar-refractivity contribution >= 4 is 21.7 Å². The summed E-state index contributed by atoms with van der Waals surface area (Å²) in [5, 5.41) is 3.24. The number of nitrogens with one attached hydrogen (secondary N) is 1. The molecule has 0 aromatic heterocycles. The van der Waals surface area contributed by atoms with Gasteiger partial charge in [-0.1, -0.05) is 28.9 Å². The Hall–Kier alpha value is -0.740. The first-order chi connectivity index (χ1) is 8.51. The number of rotatable bonds is 3. The van der Waals surface area contributed by atoms with Crippen LogP contribution in [-0.4, -0.2) is 18.9 Å². The molecule has 2 nitrogen and oxygen atoms in total. The van der Waals surface area contributed by atoms with Gasteiger partial charge in [-0.05, 0) is 37.1 Å². The van der Waals surface area contributed by atoms with Crippen LogP contribution in [0.15, 0.2) is 22.7 Å². The summed E-state index contributed by atoms with van der Waals surface area (Å²) in [5.74, 6) is -0.194. The van der Waals surface area contributed by atoms with Crippen molar-refractivity contribution in [2.75, 3.05) is 13.1 Å². The maximum absolute atomic E-state index is 13.7. The first kappa shape index (κ1) is 13.7. The van der Waals surface area contributed by atoms with Gasteiger partial charge in [0.1, 0.15) is 11.6 Å². The summed E-state index contributed by atoms with van der Waals surface area (Å²) in [7, 11) is 0. The fraction of sp³-hybridized carbons (Fsp3) is 0.500. The molecule has 0 bridgehead atoms. The summed E-state index contributed by atoms with van der Waals surface area (Å²) in [5.41, 5.74) is 0.132. The van der Waals surface area contributed by atoms with Gasteiger partial charge in [-0.15, -0.1) is 0 Å². The summed E-state index contributed by atoms with van der Waals surface area (Å²) >= 11 is 3.21. The van der Waals surface area contributed by atoms with E-state index in [1.54, 1.807) is 12.1 Å². The van der Waals surface area contributed by atoms with Gasteiger partial charge in [0, 0.05) is 22.9 Å². The molecule has 0 spiro atoms. The number of carbonyl (C=O) groups is 1. The van der Waals surface area contributed by atoms with Crippen LogP contribution in [0, 0.1) is 11.2 Å². The van der Waals surface area contributed by atoms with Crippen molar-refractivity contribution in [3.8, 4) is 0 Å². The normalized spacial score (nSPS) is 23.9. The molecule has 1 atom stereocenters. The molecule has 1 unspecified atom stereocenters. The van der Waals surface area contributed by atoms with Crippen LogP contribution in [0.4, 0.5) is 4.39 Å². The van der Waals surface area contributed by atoms with Crippen LogP contribution in [0.1, 0.15) is 25.3 Å². The van der Waals surface area contributed by atoms with Crippen LogP contribution in [0.3, 0.4) is 0 Å². The number of Topliss-reactive ketones (excluding diaryl/α,β-unsaturated/α-hetero) is 1. The summed E-state index contributed by atoms with van der Waals surface area (Å²) in [6.45, 7) is 3.64. The van der Waals surface area contributed by atoms with E-state index in [1.807, 2.05) is 6.92 Å². The van der Waals surface area contributed by atoms with Gasteiger partial charge < -0.3 is 5.32 Å². The molecule has 1 fully saturated rings. The molecule has 0 saturated carbocycles. The van der Waals surface area contributed by atoms with Crippen molar-refractivity contribution in [2.24, 2.45) is 5.41 Å². The number of benzene rings is 1. The monoisotopic (exact) mass is 313 g/mol. The lowest BCUT2D eigenvalue weighted by atomic mass is 9.77. The zero-order valence-corrected chi connectivity index (χ0v) is 12.0. The van der Waals surface area contributed by atoms with Crippen molar-refractivity contribution in [3.05, 3.63) is 34.1 Å². The first-order valence-electron chi connectivity index (χ1n) is 6.19. The summed E-state index contributed by atoms with van der Waals surface area (Å²) < 4.78 is 14.4. The fourth-order valence-electron chi connectivity index (χ4n) is 2.35. The van der Waals surface area contributed by atoms with E-state index in [4.69, 9.17) is 0 Å². The van der Waals surface area contributed by atoms with Crippen LogP contribution in [-0.2, 0) is 11.2 Å². The van der Waals surface area contributed by atoms with Crippen LogP contribution < -0.4 is 5.32 Å². The smallest absolute Gasteiger partial charge is 0.144 e. The van der Waals surface area contributed by atoms with E-state index in [1.165, 1.54) is 6.07 Å². The van der Waals surface area contributed by atoms with Gasteiger partial charge in [0.15, 0.2) is 0 Å². The number of carbonyl (C=O) groups excluding carboxylic acids is 1. The zero-order valence-electron chi connectivity index (χ0n) is 10.4. The van der Waals surface area contributed by atoms with Crippen LogP contribution in [0.2, 0.25) is 0 Å². The molecule has 1 aromatic rings. The number of halogens is 2. The van der Waals surface area contributed by atoms with Gasteiger partial charge in [0.25, 0.3) is 0 Å². The van der Waals surface area contributed by atoms with Crippen molar-refractivity contribution in [1.29, 1.82) is 0 Å². The third kappa shape index (κ3) is 2.98. The minimum absolute atomic E-state index is 0.121. The maximum Gasteiger partial charge on any atom is 0.144 e. The van der Waals surface area contributed by atoms with Crippen LogP contribution in [0.5, 0.6) is 0 Å². The third-order valence-corrected chi connectivity index (χ3v) is 4.13. The van der Waals surface area contributed by atoms with E-state index < -0.39 is 0 Å². The van der Waals surface area contributed by atoms with Crippen molar-refractivity contribution < 1.29 is 9.18 Å². The Labute approximate surface area is 115 Å². The largest absolute Gasteiger partial charge is 0.316 e. The van der Waals surface area contributed by atoms with Gasteiger partial charge in [-0.2, -0.15) is 0 Å². The fourth-order valence-corrected chi connectivity index (χ4v) is 2.68. The Morgan fingerprint density at radius 2 is 2.33 bits per heavy atom. The molecule has 1 aliphatic heterocycles. The molecule has 4 heteroatoms. The predicted molar refractivity (Wildman–Crippen MR) is 73.0 cm³/mol. The second kappa shape index (κ2) is 5.49. The minimum Gasteiger partial charge on any atom is -0.316 e. The molecular formula is C14H17BrFNO. The molecule has 1 aliphatic rings. The van der Waals surface area contributed by atoms with Gasteiger partial charge in [0.2, 0.25) is 0 Å². The van der Waals surface area contributed by atoms with E-state index >= 15 is 0 Å². The Balaban J connectivity index is 2.11. The van der Waals surface area contributed by atoms with Gasteiger partial charge in [-0.25, -0.2) is 4.39 Å². The molecule has 1 aromatic carbocycles.